The summed E-state index contributed by atoms with van der Waals surface area (Å²) in [5.74, 6) is -0.993. The van der Waals surface area contributed by atoms with E-state index in [2.05, 4.69) is 10.0 Å². The highest BCUT2D eigenvalue weighted by Crippen LogP contribution is 2.44. The van der Waals surface area contributed by atoms with Gasteiger partial charge in [0, 0.05) is 10.7 Å². The van der Waals surface area contributed by atoms with Crippen molar-refractivity contribution in [2.24, 2.45) is 0 Å². The first-order valence-electron chi connectivity index (χ1n) is 10.3. The third kappa shape index (κ3) is 4.47. The van der Waals surface area contributed by atoms with Gasteiger partial charge in [-0.05, 0) is 72.9 Å². The third-order valence-electron chi connectivity index (χ3n) is 5.89. The van der Waals surface area contributed by atoms with E-state index in [9.17, 15) is 18.3 Å². The van der Waals surface area contributed by atoms with Crippen molar-refractivity contribution in [3.05, 3.63) is 57.6 Å². The number of halogens is 2. The number of alkyl halides is 1. The molecular formula is C22H24Cl2N2O4S. The molecule has 1 unspecified atom stereocenters. The van der Waals surface area contributed by atoms with Crippen molar-refractivity contribution in [2.45, 2.75) is 55.6 Å². The number of hydrogen-bond donors (Lipinski definition) is 3. The number of benzene rings is 2. The van der Waals surface area contributed by atoms with E-state index in [1.807, 2.05) is 0 Å². The molecule has 0 aromatic heterocycles. The van der Waals surface area contributed by atoms with E-state index in [4.69, 9.17) is 23.2 Å². The SMILES string of the molecule is O=C(CC(O)(CCl)NS(=O)(=O)c1ccccc1)Nc1c2c(c(Cl)c3c1CCC3)CCC2. The quantitative estimate of drug-likeness (QED) is 0.415. The molecule has 2 aromatic rings. The largest absolute Gasteiger partial charge is 0.373 e. The van der Waals surface area contributed by atoms with Crippen LogP contribution in [0, 0.1) is 0 Å². The van der Waals surface area contributed by atoms with E-state index in [0.717, 1.165) is 71.5 Å². The Morgan fingerprint density at radius 1 is 1.00 bits per heavy atom. The average molecular weight is 483 g/mol. The smallest absolute Gasteiger partial charge is 0.242 e. The predicted octanol–water partition coefficient (Wildman–Crippen LogP) is 3.55. The van der Waals surface area contributed by atoms with Crippen molar-refractivity contribution in [2.75, 3.05) is 11.2 Å². The minimum Gasteiger partial charge on any atom is -0.373 e. The molecule has 2 aromatic carbocycles. The zero-order chi connectivity index (χ0) is 22.2. The molecular weight excluding hydrogens is 459 g/mol. The number of aliphatic hydroxyl groups is 1. The van der Waals surface area contributed by atoms with Crippen LogP contribution in [0.25, 0.3) is 0 Å². The van der Waals surface area contributed by atoms with Gasteiger partial charge in [0.15, 0.2) is 5.72 Å². The molecule has 0 radical (unpaired) electrons. The lowest BCUT2D eigenvalue weighted by Gasteiger charge is -2.27. The van der Waals surface area contributed by atoms with E-state index in [1.54, 1.807) is 18.2 Å². The van der Waals surface area contributed by atoms with Gasteiger partial charge in [0.1, 0.15) is 0 Å². The van der Waals surface area contributed by atoms with Crippen LogP contribution < -0.4 is 10.0 Å². The predicted molar refractivity (Wildman–Crippen MR) is 121 cm³/mol. The van der Waals surface area contributed by atoms with Crippen LogP contribution in [0.15, 0.2) is 35.2 Å². The Morgan fingerprint density at radius 2 is 1.55 bits per heavy atom. The number of nitrogens with one attached hydrogen (secondary N) is 2. The average Bonchev–Trinajstić information content (AvgIpc) is 3.41. The second-order valence-corrected chi connectivity index (χ2v) is 10.4. The summed E-state index contributed by atoms with van der Waals surface area (Å²) in [5, 5.41) is 14.6. The van der Waals surface area contributed by atoms with Crippen LogP contribution in [0.3, 0.4) is 0 Å². The van der Waals surface area contributed by atoms with Gasteiger partial charge >= 0.3 is 0 Å². The number of hydrogen-bond acceptors (Lipinski definition) is 4. The monoisotopic (exact) mass is 482 g/mol. The maximum atomic E-state index is 12.9. The fraction of sp³-hybridized carbons (Fsp3) is 0.409. The van der Waals surface area contributed by atoms with E-state index in [0.29, 0.717) is 0 Å². The van der Waals surface area contributed by atoms with Crippen LogP contribution in [-0.2, 0) is 40.5 Å². The summed E-state index contributed by atoms with van der Waals surface area (Å²) >= 11 is 12.5. The standard InChI is InChI=1S/C22H24Cl2N2O4S/c23-13-22(28,26-31(29,30)14-6-2-1-3-7-14)12-19(27)25-21-17-10-4-8-15(17)20(24)16-9-5-11-18(16)21/h1-3,6-7,26,28H,4-5,8-13H2,(H,25,27). The van der Waals surface area contributed by atoms with E-state index < -0.39 is 34.0 Å². The molecule has 1 amide bonds. The number of carbonyl (C=O) groups is 1. The zero-order valence-electron chi connectivity index (χ0n) is 16.9. The highest BCUT2D eigenvalue weighted by molar-refractivity contribution is 7.89. The lowest BCUT2D eigenvalue weighted by Crippen LogP contribution is -2.52. The summed E-state index contributed by atoms with van der Waals surface area (Å²) in [7, 11) is -4.06. The first-order chi connectivity index (χ1) is 14.7. The number of anilines is 1. The summed E-state index contributed by atoms with van der Waals surface area (Å²) in [4.78, 5) is 12.9. The summed E-state index contributed by atoms with van der Waals surface area (Å²) < 4.78 is 27.4. The van der Waals surface area contributed by atoms with Crippen LogP contribution in [0.1, 0.15) is 41.5 Å². The van der Waals surface area contributed by atoms with Gasteiger partial charge in [-0.1, -0.05) is 29.8 Å². The highest BCUT2D eigenvalue weighted by atomic mass is 35.5. The van der Waals surface area contributed by atoms with Crippen LogP contribution in [-0.4, -0.2) is 31.0 Å². The topological polar surface area (TPSA) is 95.5 Å². The summed E-state index contributed by atoms with van der Waals surface area (Å²) in [6, 6.07) is 7.63. The highest BCUT2D eigenvalue weighted by Gasteiger charge is 2.36. The minimum atomic E-state index is -4.06. The van der Waals surface area contributed by atoms with E-state index >= 15 is 0 Å². The molecule has 0 fully saturated rings. The van der Waals surface area contributed by atoms with Gasteiger partial charge in [0.25, 0.3) is 0 Å². The fourth-order valence-corrected chi connectivity index (χ4v) is 6.44. The Hall–Kier alpha value is -1.64. The first-order valence-corrected chi connectivity index (χ1v) is 12.7. The molecule has 166 valence electrons. The van der Waals surface area contributed by atoms with Gasteiger partial charge in [0.05, 0.1) is 17.2 Å². The lowest BCUT2D eigenvalue weighted by molar-refractivity contribution is -0.120. The number of sulfonamides is 1. The molecule has 0 saturated heterocycles. The molecule has 6 nitrogen and oxygen atoms in total. The lowest BCUT2D eigenvalue weighted by atomic mass is 9.98. The van der Waals surface area contributed by atoms with Gasteiger partial charge in [-0.25, -0.2) is 8.42 Å². The molecule has 1 atom stereocenters. The molecule has 2 aliphatic carbocycles. The van der Waals surface area contributed by atoms with Crippen molar-refractivity contribution in [3.8, 4) is 0 Å². The van der Waals surface area contributed by atoms with E-state index in [-0.39, 0.29) is 4.90 Å². The molecule has 0 heterocycles. The first kappa shape index (κ1) is 22.6. The third-order valence-corrected chi connectivity index (χ3v) is 8.33. The van der Waals surface area contributed by atoms with Gasteiger partial charge in [-0.15, -0.1) is 11.6 Å². The molecule has 9 heteroatoms. The van der Waals surface area contributed by atoms with Gasteiger partial charge in [-0.2, -0.15) is 4.72 Å². The fourth-order valence-electron chi connectivity index (χ4n) is 4.51. The molecule has 0 aliphatic heterocycles. The van der Waals surface area contributed by atoms with Crippen molar-refractivity contribution >= 4 is 44.8 Å². The number of amides is 1. The Labute approximate surface area is 192 Å². The Balaban J connectivity index is 1.56. The number of carbonyl (C=O) groups excluding carboxylic acids is 1. The molecule has 0 spiro atoms. The molecule has 0 bridgehead atoms. The molecule has 4 rings (SSSR count). The van der Waals surface area contributed by atoms with Gasteiger partial charge in [-0.3, -0.25) is 4.79 Å². The Bertz CT molecular complexity index is 1090. The van der Waals surface area contributed by atoms with Crippen LogP contribution in [0.2, 0.25) is 5.02 Å². The molecule has 0 saturated carbocycles. The van der Waals surface area contributed by atoms with E-state index in [1.165, 1.54) is 12.1 Å². The maximum Gasteiger partial charge on any atom is 0.242 e. The second kappa shape index (κ2) is 8.71. The van der Waals surface area contributed by atoms with Gasteiger partial charge in [0.2, 0.25) is 15.9 Å². The maximum absolute atomic E-state index is 12.9. The number of fused-ring (bicyclic) bond motifs is 2. The summed E-state index contributed by atoms with van der Waals surface area (Å²) in [6.07, 6.45) is 4.86. The van der Waals surface area contributed by atoms with Gasteiger partial charge < -0.3 is 10.4 Å². The normalized spacial score (nSPS) is 17.1. The van der Waals surface area contributed by atoms with Crippen LogP contribution in [0.4, 0.5) is 5.69 Å². The minimum absolute atomic E-state index is 0.0210. The van der Waals surface area contributed by atoms with Crippen molar-refractivity contribution in [1.82, 2.24) is 4.72 Å². The summed E-state index contributed by atoms with van der Waals surface area (Å²) in [5.41, 5.74) is 2.94. The van der Waals surface area contributed by atoms with Crippen molar-refractivity contribution in [1.29, 1.82) is 0 Å². The zero-order valence-corrected chi connectivity index (χ0v) is 19.2. The summed E-state index contributed by atoms with van der Waals surface area (Å²) in [6.45, 7) is 0. The Kier molecular flexibility index (Phi) is 6.34. The molecule has 31 heavy (non-hydrogen) atoms. The van der Waals surface area contributed by atoms with Crippen LogP contribution >= 0.6 is 23.2 Å². The van der Waals surface area contributed by atoms with Crippen LogP contribution in [0.5, 0.6) is 0 Å². The Morgan fingerprint density at radius 3 is 2.10 bits per heavy atom. The van der Waals surface area contributed by atoms with Crippen molar-refractivity contribution < 1.29 is 18.3 Å². The number of rotatable bonds is 7. The molecule has 2 aliphatic rings. The van der Waals surface area contributed by atoms with Crippen molar-refractivity contribution in [3.63, 3.8) is 0 Å². The molecule has 3 N–H and O–H groups in total. The second-order valence-electron chi connectivity index (χ2n) is 8.12.